The van der Waals surface area contributed by atoms with Crippen LogP contribution >= 0.6 is 0 Å². The minimum atomic E-state index is 0.624. The summed E-state index contributed by atoms with van der Waals surface area (Å²) in [6, 6.07) is 75.8. The summed E-state index contributed by atoms with van der Waals surface area (Å²) in [5.74, 6) is 1.90. The molecule has 0 fully saturated rings. The van der Waals surface area contributed by atoms with Gasteiger partial charge in [0.1, 0.15) is 0 Å². The van der Waals surface area contributed by atoms with Crippen molar-refractivity contribution in [1.82, 2.24) is 24.1 Å². The molecule has 0 saturated heterocycles. The Kier molecular flexibility index (Phi) is 7.54. The normalized spacial score (nSPS) is 11.9. The molecular formula is C57H35N5. The van der Waals surface area contributed by atoms with Crippen molar-refractivity contribution in [3.63, 3.8) is 0 Å². The lowest BCUT2D eigenvalue weighted by atomic mass is 10.0. The van der Waals surface area contributed by atoms with Crippen LogP contribution in [0, 0.1) is 0 Å². The maximum absolute atomic E-state index is 5.35. The number of para-hydroxylation sites is 2. The molecule has 3 heterocycles. The molecule has 0 saturated carbocycles. The molecule has 0 aliphatic rings. The Labute approximate surface area is 356 Å². The lowest BCUT2D eigenvalue weighted by molar-refractivity contribution is 1.08. The standard InChI is InChI=1S/C57H35N5/c1-3-17-37(18-4-1)55-58-56(46-28-15-22-36-16-9-11-25-43(36)46)60-57(59-55)50-33-42(30-40-21-10-12-26-44(40)50)62-51-29-14-13-27-45(51)48-34-49-47-31-38-19-7-8-20-39(38)32-52(47)61(54(49)35-53(48)62)41-23-5-2-6-24-41/h1-35H. The number of aromatic nitrogens is 5. The van der Waals surface area contributed by atoms with E-state index in [0.29, 0.717) is 17.5 Å². The first-order valence-electron chi connectivity index (χ1n) is 21.0. The molecule has 3 aromatic heterocycles. The number of fused-ring (bicyclic) bond motifs is 9. The van der Waals surface area contributed by atoms with Crippen LogP contribution in [0.15, 0.2) is 212 Å². The van der Waals surface area contributed by atoms with Gasteiger partial charge in [-0.15, -0.1) is 0 Å². The minimum Gasteiger partial charge on any atom is -0.309 e. The van der Waals surface area contributed by atoms with E-state index in [1.54, 1.807) is 0 Å². The highest BCUT2D eigenvalue weighted by Crippen LogP contribution is 2.42. The second kappa shape index (κ2) is 13.6. The summed E-state index contributed by atoms with van der Waals surface area (Å²) >= 11 is 0. The summed E-state index contributed by atoms with van der Waals surface area (Å²) in [5, 5.41) is 11.7. The predicted molar refractivity (Wildman–Crippen MR) is 257 cm³/mol. The van der Waals surface area contributed by atoms with E-state index >= 15 is 0 Å². The smallest absolute Gasteiger partial charge is 0.164 e. The highest BCUT2D eigenvalue weighted by atomic mass is 15.0. The van der Waals surface area contributed by atoms with Gasteiger partial charge in [-0.25, -0.2) is 15.0 Å². The summed E-state index contributed by atoms with van der Waals surface area (Å²) in [5.41, 5.74) is 9.61. The van der Waals surface area contributed by atoms with Crippen LogP contribution in [0.4, 0.5) is 0 Å². The second-order valence-corrected chi connectivity index (χ2v) is 16.0. The van der Waals surface area contributed by atoms with Crippen LogP contribution in [0.2, 0.25) is 0 Å². The van der Waals surface area contributed by atoms with Crippen LogP contribution in [0.5, 0.6) is 0 Å². The van der Waals surface area contributed by atoms with E-state index < -0.39 is 0 Å². The van der Waals surface area contributed by atoms with Crippen molar-refractivity contribution >= 4 is 75.9 Å². The number of nitrogens with zero attached hydrogens (tertiary/aromatic N) is 5. The topological polar surface area (TPSA) is 48.5 Å². The second-order valence-electron chi connectivity index (χ2n) is 16.0. The summed E-state index contributed by atoms with van der Waals surface area (Å²) < 4.78 is 4.85. The van der Waals surface area contributed by atoms with Gasteiger partial charge in [0.2, 0.25) is 0 Å². The Balaban J connectivity index is 1.11. The fourth-order valence-electron chi connectivity index (χ4n) is 9.66. The first kappa shape index (κ1) is 34.5. The zero-order valence-electron chi connectivity index (χ0n) is 33.4. The Morgan fingerprint density at radius 3 is 1.55 bits per heavy atom. The van der Waals surface area contributed by atoms with E-state index in [4.69, 9.17) is 15.0 Å². The molecule has 0 N–H and O–H groups in total. The average molecular weight is 790 g/mol. The van der Waals surface area contributed by atoms with Crippen molar-refractivity contribution in [1.29, 1.82) is 0 Å². The van der Waals surface area contributed by atoms with Crippen molar-refractivity contribution in [3.8, 4) is 45.5 Å². The summed E-state index contributed by atoms with van der Waals surface area (Å²) in [6.45, 7) is 0. The molecule has 0 aliphatic heterocycles. The van der Waals surface area contributed by atoms with Crippen molar-refractivity contribution in [2.45, 2.75) is 0 Å². The molecular weight excluding hydrogens is 755 g/mol. The van der Waals surface area contributed by atoms with Gasteiger partial charge in [-0.3, -0.25) is 0 Å². The van der Waals surface area contributed by atoms with E-state index in [-0.39, 0.29) is 0 Å². The van der Waals surface area contributed by atoms with Crippen molar-refractivity contribution in [2.75, 3.05) is 0 Å². The van der Waals surface area contributed by atoms with E-state index in [9.17, 15) is 0 Å². The van der Waals surface area contributed by atoms with E-state index in [1.165, 1.54) is 37.8 Å². The maximum Gasteiger partial charge on any atom is 0.164 e. The molecule has 62 heavy (non-hydrogen) atoms. The third-order valence-electron chi connectivity index (χ3n) is 12.5. The molecule has 0 spiro atoms. The van der Waals surface area contributed by atoms with E-state index in [2.05, 4.69) is 203 Å². The van der Waals surface area contributed by atoms with Crippen LogP contribution in [0.3, 0.4) is 0 Å². The van der Waals surface area contributed by atoms with E-state index in [1.807, 2.05) is 18.2 Å². The Morgan fingerprint density at radius 1 is 0.258 bits per heavy atom. The van der Waals surface area contributed by atoms with Crippen molar-refractivity contribution in [2.24, 2.45) is 0 Å². The van der Waals surface area contributed by atoms with Gasteiger partial charge in [0.25, 0.3) is 0 Å². The lowest BCUT2D eigenvalue weighted by Gasteiger charge is -2.15. The first-order valence-corrected chi connectivity index (χ1v) is 21.0. The number of hydrogen-bond acceptors (Lipinski definition) is 3. The molecule has 0 radical (unpaired) electrons. The van der Waals surface area contributed by atoms with Crippen molar-refractivity contribution < 1.29 is 0 Å². The molecule has 5 nitrogen and oxygen atoms in total. The molecule has 288 valence electrons. The van der Waals surface area contributed by atoms with Gasteiger partial charge in [-0.05, 0) is 86.9 Å². The van der Waals surface area contributed by atoms with Gasteiger partial charge in [0, 0.05) is 49.6 Å². The maximum atomic E-state index is 5.35. The Hall–Kier alpha value is -8.41. The van der Waals surface area contributed by atoms with Gasteiger partial charge in [-0.1, -0.05) is 158 Å². The molecule has 0 aliphatic carbocycles. The fourth-order valence-corrected chi connectivity index (χ4v) is 9.66. The van der Waals surface area contributed by atoms with Crippen LogP contribution in [0.1, 0.15) is 0 Å². The molecule has 5 heteroatoms. The van der Waals surface area contributed by atoms with Gasteiger partial charge in [0.15, 0.2) is 17.5 Å². The summed E-state index contributed by atoms with van der Waals surface area (Å²) in [7, 11) is 0. The molecule has 13 rings (SSSR count). The third-order valence-corrected chi connectivity index (χ3v) is 12.5. The number of rotatable bonds is 5. The Bertz CT molecular complexity index is 3910. The summed E-state index contributed by atoms with van der Waals surface area (Å²) in [6.07, 6.45) is 0. The molecule has 10 aromatic carbocycles. The third kappa shape index (κ3) is 5.32. The van der Waals surface area contributed by atoms with Crippen LogP contribution in [-0.4, -0.2) is 24.1 Å². The zero-order chi connectivity index (χ0) is 40.7. The lowest BCUT2D eigenvalue weighted by Crippen LogP contribution is -2.02. The van der Waals surface area contributed by atoms with Gasteiger partial charge in [-0.2, -0.15) is 0 Å². The number of hydrogen-bond donors (Lipinski definition) is 0. The quantitative estimate of drug-likeness (QED) is 0.174. The average Bonchev–Trinajstić information content (AvgIpc) is 3.83. The molecule has 0 bridgehead atoms. The highest BCUT2D eigenvalue weighted by molar-refractivity contribution is 6.21. The summed E-state index contributed by atoms with van der Waals surface area (Å²) in [4.78, 5) is 15.8. The van der Waals surface area contributed by atoms with Crippen LogP contribution < -0.4 is 0 Å². The first-order chi connectivity index (χ1) is 30.7. The molecule has 0 unspecified atom stereocenters. The van der Waals surface area contributed by atoms with Gasteiger partial charge in [0.05, 0.1) is 22.1 Å². The largest absolute Gasteiger partial charge is 0.309 e. The predicted octanol–water partition coefficient (Wildman–Crippen LogP) is 14.5. The van der Waals surface area contributed by atoms with Crippen LogP contribution in [-0.2, 0) is 0 Å². The van der Waals surface area contributed by atoms with Gasteiger partial charge >= 0.3 is 0 Å². The Morgan fingerprint density at radius 2 is 0.774 bits per heavy atom. The highest BCUT2D eigenvalue weighted by Gasteiger charge is 2.22. The number of benzene rings is 10. The molecule has 0 atom stereocenters. The SMILES string of the molecule is c1ccc(-c2nc(-c3cccc4ccccc34)nc(-c3cc(-n4c5ccccc5c5cc6c7cc8ccccc8cc7n(-c7ccccc7)c6cc54)cc4ccccc34)n2)cc1. The van der Waals surface area contributed by atoms with Gasteiger partial charge < -0.3 is 9.13 Å². The minimum absolute atomic E-state index is 0.624. The van der Waals surface area contributed by atoms with Crippen LogP contribution in [0.25, 0.3) is 121 Å². The monoisotopic (exact) mass is 789 g/mol. The van der Waals surface area contributed by atoms with Crippen molar-refractivity contribution in [3.05, 3.63) is 212 Å². The molecule has 13 aromatic rings. The molecule has 0 amide bonds. The zero-order valence-corrected chi connectivity index (χ0v) is 33.4. The fraction of sp³-hybridized carbons (Fsp3) is 0. The van der Waals surface area contributed by atoms with E-state index in [0.717, 1.165) is 66.2 Å².